The van der Waals surface area contributed by atoms with Gasteiger partial charge in [0.2, 0.25) is 0 Å². The van der Waals surface area contributed by atoms with Crippen LogP contribution in [0.5, 0.6) is 0 Å². The summed E-state index contributed by atoms with van der Waals surface area (Å²) in [5, 5.41) is 0.443. The highest BCUT2D eigenvalue weighted by Crippen LogP contribution is 2.25. The lowest BCUT2D eigenvalue weighted by molar-refractivity contribution is 0.0997. The Morgan fingerprint density at radius 3 is 2.81 bits per heavy atom. The number of carbonyl (C=O) groups excluding carboxylic acids is 1. The van der Waals surface area contributed by atoms with Crippen LogP contribution in [-0.4, -0.2) is 27.5 Å². The highest BCUT2D eigenvalue weighted by Gasteiger charge is 2.14. The van der Waals surface area contributed by atoms with Gasteiger partial charge in [-0.15, -0.1) is 11.3 Å². The van der Waals surface area contributed by atoms with Crippen molar-refractivity contribution in [1.82, 2.24) is 9.55 Å². The zero-order valence-corrected chi connectivity index (χ0v) is 17.8. The number of rotatable bonds is 4. The van der Waals surface area contributed by atoms with Crippen LogP contribution in [0.15, 0.2) is 41.4 Å². The Kier molecular flexibility index (Phi) is 5.16. The minimum absolute atomic E-state index is 0.268. The van der Waals surface area contributed by atoms with Crippen LogP contribution in [0.2, 0.25) is 0 Å². The van der Waals surface area contributed by atoms with Gasteiger partial charge in [-0.25, -0.2) is 4.98 Å². The molecule has 27 heavy (non-hydrogen) atoms. The van der Waals surface area contributed by atoms with E-state index in [1.54, 1.807) is 23.1 Å². The number of amides is 1. The smallest absolute Gasteiger partial charge is 0.308 e. The van der Waals surface area contributed by atoms with Gasteiger partial charge in [-0.05, 0) is 49.4 Å². The molecule has 2 heterocycles. The average Bonchev–Trinajstić information content (AvgIpc) is 3.22. The number of thiazole rings is 2. The van der Waals surface area contributed by atoms with Crippen LogP contribution in [0.25, 0.3) is 20.4 Å². The van der Waals surface area contributed by atoms with Crippen LogP contribution < -0.4 is 4.80 Å². The van der Waals surface area contributed by atoms with Crippen LogP contribution in [0.1, 0.15) is 20.9 Å². The Balaban J connectivity index is 1.85. The number of benzene rings is 2. The van der Waals surface area contributed by atoms with E-state index >= 15 is 0 Å². The van der Waals surface area contributed by atoms with Crippen LogP contribution in [0, 0.1) is 13.8 Å². The van der Waals surface area contributed by atoms with E-state index in [0.29, 0.717) is 5.01 Å². The molecule has 0 fully saturated rings. The van der Waals surface area contributed by atoms with E-state index in [-0.39, 0.29) is 5.91 Å². The van der Waals surface area contributed by atoms with Crippen LogP contribution in [-0.2, 0) is 6.54 Å². The highest BCUT2D eigenvalue weighted by molar-refractivity contribution is 7.98. The molecule has 0 atom stereocenters. The topological polar surface area (TPSA) is 47.2 Å². The maximum Gasteiger partial charge on any atom is 0.308 e. The summed E-state index contributed by atoms with van der Waals surface area (Å²) in [6.07, 6.45) is 2.09. The normalized spacial score (nSPS) is 12.3. The second kappa shape index (κ2) is 7.58. The van der Waals surface area contributed by atoms with E-state index in [9.17, 15) is 4.79 Å². The molecular formula is C20H19N3OS3. The van der Waals surface area contributed by atoms with Crippen LogP contribution in [0.3, 0.4) is 0 Å². The molecule has 0 aliphatic rings. The lowest BCUT2D eigenvalue weighted by Crippen LogP contribution is -2.18. The Hall–Kier alpha value is -1.96. The molecule has 0 saturated heterocycles. The summed E-state index contributed by atoms with van der Waals surface area (Å²) in [6, 6.07) is 12.2. The molecule has 0 radical (unpaired) electrons. The predicted octanol–water partition coefficient (Wildman–Crippen LogP) is 5.03. The quantitative estimate of drug-likeness (QED) is 0.471. The minimum atomic E-state index is -0.268. The van der Waals surface area contributed by atoms with Gasteiger partial charge in [0.25, 0.3) is 0 Å². The molecule has 0 N–H and O–H groups in total. The monoisotopic (exact) mass is 413 g/mol. The molecular weight excluding hydrogens is 394 g/mol. The first-order valence-corrected chi connectivity index (χ1v) is 11.6. The second-order valence-electron chi connectivity index (χ2n) is 6.36. The van der Waals surface area contributed by atoms with Crippen molar-refractivity contribution in [3.05, 3.63) is 57.3 Å². The highest BCUT2D eigenvalue weighted by atomic mass is 32.2. The van der Waals surface area contributed by atoms with E-state index in [1.807, 2.05) is 24.3 Å². The number of para-hydroxylation sites is 1. The number of thioether (sulfide) groups is 1. The number of aromatic nitrogens is 2. The van der Waals surface area contributed by atoms with Crippen molar-refractivity contribution < 1.29 is 4.79 Å². The summed E-state index contributed by atoms with van der Waals surface area (Å²) >= 11 is 4.77. The van der Waals surface area contributed by atoms with Crippen molar-refractivity contribution in [3.8, 4) is 0 Å². The SMILES string of the molecule is CSCCn1c(=NC(=O)c2nc3ccccc3s2)sc2c(C)cc(C)cc21. The Morgan fingerprint density at radius 2 is 2.04 bits per heavy atom. The van der Waals surface area contributed by atoms with Crippen LogP contribution in [0.4, 0.5) is 0 Å². The summed E-state index contributed by atoms with van der Waals surface area (Å²) in [5.41, 5.74) is 4.45. The zero-order chi connectivity index (χ0) is 19.0. The number of hydrogen-bond acceptors (Lipinski definition) is 5. The number of carbonyl (C=O) groups is 1. The largest absolute Gasteiger partial charge is 0.315 e. The lowest BCUT2D eigenvalue weighted by atomic mass is 10.1. The van der Waals surface area contributed by atoms with E-state index in [0.717, 1.165) is 32.8 Å². The first kappa shape index (κ1) is 18.4. The van der Waals surface area contributed by atoms with Crippen molar-refractivity contribution in [1.29, 1.82) is 0 Å². The first-order chi connectivity index (χ1) is 13.1. The maximum atomic E-state index is 12.8. The third-order valence-corrected chi connectivity index (χ3v) is 7.15. The molecule has 0 spiro atoms. The Morgan fingerprint density at radius 1 is 1.22 bits per heavy atom. The Bertz CT molecular complexity index is 1180. The van der Waals surface area contributed by atoms with E-state index in [4.69, 9.17) is 0 Å². The number of hydrogen-bond donors (Lipinski definition) is 0. The average molecular weight is 414 g/mol. The molecule has 2 aromatic carbocycles. The fourth-order valence-electron chi connectivity index (χ4n) is 3.09. The molecule has 0 aliphatic carbocycles. The van der Waals surface area contributed by atoms with E-state index < -0.39 is 0 Å². The summed E-state index contributed by atoms with van der Waals surface area (Å²) in [5.74, 6) is 0.705. The van der Waals surface area contributed by atoms with E-state index in [2.05, 4.69) is 46.8 Å². The van der Waals surface area contributed by atoms with Gasteiger partial charge in [0.1, 0.15) is 0 Å². The van der Waals surface area contributed by atoms with Gasteiger partial charge in [-0.3, -0.25) is 4.79 Å². The molecule has 2 aromatic heterocycles. The van der Waals surface area contributed by atoms with Crippen molar-refractivity contribution >= 4 is 60.8 Å². The molecule has 4 rings (SSSR count). The van der Waals surface area contributed by atoms with Gasteiger partial charge in [0.15, 0.2) is 9.81 Å². The molecule has 0 aliphatic heterocycles. The zero-order valence-electron chi connectivity index (χ0n) is 15.4. The minimum Gasteiger partial charge on any atom is -0.315 e. The molecule has 1 amide bonds. The van der Waals surface area contributed by atoms with Crippen molar-refractivity contribution in [2.24, 2.45) is 4.99 Å². The molecule has 138 valence electrons. The maximum absolute atomic E-state index is 12.8. The second-order valence-corrected chi connectivity index (χ2v) is 9.36. The van der Waals surface area contributed by atoms with Gasteiger partial charge in [0, 0.05) is 12.3 Å². The third kappa shape index (κ3) is 3.59. The summed E-state index contributed by atoms with van der Waals surface area (Å²) < 4.78 is 4.37. The predicted molar refractivity (Wildman–Crippen MR) is 117 cm³/mol. The molecule has 4 aromatic rings. The number of nitrogens with zero attached hydrogens (tertiary/aromatic N) is 3. The molecule has 0 unspecified atom stereocenters. The molecule has 7 heteroatoms. The third-order valence-electron chi connectivity index (χ3n) is 4.31. The van der Waals surface area contributed by atoms with Crippen molar-refractivity contribution in [3.63, 3.8) is 0 Å². The van der Waals surface area contributed by atoms with Crippen molar-refractivity contribution in [2.75, 3.05) is 12.0 Å². The molecule has 0 bridgehead atoms. The molecule has 4 nitrogen and oxygen atoms in total. The van der Waals surface area contributed by atoms with Gasteiger partial charge < -0.3 is 4.57 Å². The summed E-state index contributed by atoms with van der Waals surface area (Å²) in [4.78, 5) is 22.5. The number of aryl methyl sites for hydroxylation is 3. The lowest BCUT2D eigenvalue weighted by Gasteiger charge is -2.05. The fraction of sp³-hybridized carbons (Fsp3) is 0.250. The fourth-order valence-corrected chi connectivity index (χ4v) is 5.41. The Labute approximate surface area is 169 Å². The van der Waals surface area contributed by atoms with Crippen molar-refractivity contribution in [2.45, 2.75) is 20.4 Å². The number of fused-ring (bicyclic) bond motifs is 2. The molecule has 0 saturated carbocycles. The van der Waals surface area contributed by atoms with Gasteiger partial charge in [0.05, 0.1) is 20.4 Å². The van der Waals surface area contributed by atoms with Crippen LogP contribution >= 0.6 is 34.4 Å². The standard InChI is InChI=1S/C20H19N3OS3/c1-12-10-13(2)17-15(11-12)23(8-9-25-3)20(27-17)22-18(24)19-21-14-6-4-5-7-16(14)26-19/h4-7,10-11H,8-9H2,1-3H3. The summed E-state index contributed by atoms with van der Waals surface area (Å²) in [7, 11) is 0. The van der Waals surface area contributed by atoms with Gasteiger partial charge >= 0.3 is 5.91 Å². The van der Waals surface area contributed by atoms with Gasteiger partial charge in [-0.1, -0.05) is 29.5 Å². The van der Waals surface area contributed by atoms with E-state index in [1.165, 1.54) is 27.2 Å². The summed E-state index contributed by atoms with van der Waals surface area (Å²) in [6.45, 7) is 5.05. The van der Waals surface area contributed by atoms with Gasteiger partial charge in [-0.2, -0.15) is 16.8 Å². The first-order valence-electron chi connectivity index (χ1n) is 8.61.